The van der Waals surface area contributed by atoms with Crippen molar-refractivity contribution in [1.82, 2.24) is 15.2 Å². The van der Waals surface area contributed by atoms with E-state index in [0.29, 0.717) is 23.2 Å². The Morgan fingerprint density at radius 2 is 1.94 bits per heavy atom. The van der Waals surface area contributed by atoms with Gasteiger partial charge in [0.2, 0.25) is 0 Å². The molecule has 1 amide bonds. The molecule has 1 fully saturated rings. The Morgan fingerprint density at radius 3 is 2.58 bits per heavy atom. The molecule has 2 heterocycles. The zero-order chi connectivity index (χ0) is 23.5. The highest BCUT2D eigenvalue weighted by Crippen LogP contribution is 2.41. The van der Waals surface area contributed by atoms with Crippen molar-refractivity contribution in [2.75, 3.05) is 13.2 Å². The Kier molecular flexibility index (Phi) is 7.50. The van der Waals surface area contributed by atoms with Crippen molar-refractivity contribution in [3.8, 4) is 0 Å². The summed E-state index contributed by atoms with van der Waals surface area (Å²) in [6.07, 6.45) is 7.13. The highest BCUT2D eigenvalue weighted by atomic mass is 16.3. The highest BCUT2D eigenvalue weighted by molar-refractivity contribution is 5.94. The Hall–Kier alpha value is -2.24. The lowest BCUT2D eigenvalue weighted by Gasteiger charge is -2.34. The number of benzene rings is 1. The van der Waals surface area contributed by atoms with E-state index in [1.807, 2.05) is 25.1 Å². The summed E-state index contributed by atoms with van der Waals surface area (Å²) in [6.45, 7) is 10.8. The maximum absolute atomic E-state index is 13.0. The van der Waals surface area contributed by atoms with Crippen molar-refractivity contribution < 1.29 is 9.90 Å². The van der Waals surface area contributed by atoms with Gasteiger partial charge in [-0.1, -0.05) is 45.7 Å². The minimum Gasteiger partial charge on any atom is -0.394 e. The van der Waals surface area contributed by atoms with Gasteiger partial charge in [-0.15, -0.1) is 0 Å². The molecule has 2 aromatic rings. The second-order valence-electron chi connectivity index (χ2n) is 10.6. The largest absolute Gasteiger partial charge is 0.394 e. The molecule has 2 atom stereocenters. The van der Waals surface area contributed by atoms with Crippen molar-refractivity contribution in [3.05, 3.63) is 64.5 Å². The van der Waals surface area contributed by atoms with E-state index in [-0.39, 0.29) is 12.5 Å². The van der Waals surface area contributed by atoms with Gasteiger partial charge in [0.05, 0.1) is 18.3 Å². The van der Waals surface area contributed by atoms with Gasteiger partial charge in [-0.3, -0.25) is 14.7 Å². The van der Waals surface area contributed by atoms with Gasteiger partial charge in [0, 0.05) is 30.9 Å². The molecule has 1 aromatic carbocycles. The standard InChI is InChI=1S/C28H39N3O2/c1-18(2)27-24-11-10-22(28(33)30-26(17-32)25-12-7-20(4)14-29-25)13-23(24)16-31(27)15-21-8-5-19(3)6-9-21/h7,10-14,18-19,21,26-27,32H,5-6,8-9,15-17H2,1-4H3,(H,30,33)/t19-,21-,26-,27+/m1/s1. The molecular weight excluding hydrogens is 410 g/mol. The topological polar surface area (TPSA) is 65.5 Å². The number of hydrogen-bond acceptors (Lipinski definition) is 4. The van der Waals surface area contributed by atoms with Gasteiger partial charge in [0.15, 0.2) is 0 Å². The number of aromatic nitrogens is 1. The number of aryl methyl sites for hydroxylation is 1. The van der Waals surface area contributed by atoms with E-state index in [0.717, 1.165) is 30.5 Å². The summed E-state index contributed by atoms with van der Waals surface area (Å²) >= 11 is 0. The zero-order valence-electron chi connectivity index (χ0n) is 20.6. The van der Waals surface area contributed by atoms with Gasteiger partial charge in [0.1, 0.15) is 0 Å². The van der Waals surface area contributed by atoms with Crippen LogP contribution in [0.5, 0.6) is 0 Å². The van der Waals surface area contributed by atoms with Crippen molar-refractivity contribution in [2.24, 2.45) is 17.8 Å². The quantitative estimate of drug-likeness (QED) is 0.610. The number of carbonyl (C=O) groups excluding carboxylic acids is 1. The van der Waals surface area contributed by atoms with E-state index >= 15 is 0 Å². The molecule has 2 N–H and O–H groups in total. The number of nitrogens with one attached hydrogen (secondary N) is 1. The number of aliphatic hydroxyl groups excluding tert-OH is 1. The molecule has 0 saturated heterocycles. The van der Waals surface area contributed by atoms with Crippen molar-refractivity contribution in [1.29, 1.82) is 0 Å². The Bertz CT molecular complexity index is 948. The van der Waals surface area contributed by atoms with Gasteiger partial charge in [-0.2, -0.15) is 0 Å². The molecule has 33 heavy (non-hydrogen) atoms. The Morgan fingerprint density at radius 1 is 1.18 bits per heavy atom. The van der Waals surface area contributed by atoms with Crippen LogP contribution >= 0.6 is 0 Å². The van der Waals surface area contributed by atoms with Crippen LogP contribution in [0.4, 0.5) is 0 Å². The fraction of sp³-hybridized carbons (Fsp3) is 0.571. The molecule has 1 aromatic heterocycles. The average Bonchev–Trinajstić information content (AvgIpc) is 3.16. The molecule has 1 aliphatic carbocycles. The smallest absolute Gasteiger partial charge is 0.251 e. The second kappa shape index (κ2) is 10.4. The lowest BCUT2D eigenvalue weighted by Crippen LogP contribution is -2.32. The number of aliphatic hydroxyl groups is 1. The second-order valence-corrected chi connectivity index (χ2v) is 10.6. The minimum atomic E-state index is -0.514. The first-order chi connectivity index (χ1) is 15.9. The van der Waals surface area contributed by atoms with Crippen LogP contribution in [0.1, 0.15) is 91.3 Å². The molecule has 178 valence electrons. The van der Waals surface area contributed by atoms with E-state index in [1.165, 1.54) is 36.8 Å². The van der Waals surface area contributed by atoms with Gasteiger partial charge in [-0.05, 0) is 72.4 Å². The van der Waals surface area contributed by atoms with Crippen molar-refractivity contribution in [2.45, 2.75) is 72.0 Å². The van der Waals surface area contributed by atoms with Crippen molar-refractivity contribution >= 4 is 5.91 Å². The Balaban J connectivity index is 1.47. The third-order valence-electron chi connectivity index (χ3n) is 7.53. The van der Waals surface area contributed by atoms with E-state index < -0.39 is 6.04 Å². The molecule has 1 saturated carbocycles. The number of nitrogens with zero attached hydrogens (tertiary/aromatic N) is 2. The first-order valence-electron chi connectivity index (χ1n) is 12.6. The first kappa shape index (κ1) is 23.9. The highest BCUT2D eigenvalue weighted by Gasteiger charge is 2.34. The van der Waals surface area contributed by atoms with Crippen LogP contribution < -0.4 is 5.32 Å². The first-order valence-corrected chi connectivity index (χ1v) is 12.6. The summed E-state index contributed by atoms with van der Waals surface area (Å²) in [5.74, 6) is 2.02. The minimum absolute atomic E-state index is 0.167. The SMILES string of the molecule is Cc1ccc([C@@H](CO)NC(=O)c2ccc3c(c2)CN(C[C@H]2CC[C@H](C)CC2)[C@H]3C(C)C)nc1. The normalized spacial score (nSPS) is 24.0. The average molecular weight is 450 g/mol. The van der Waals surface area contributed by atoms with E-state index in [1.54, 1.807) is 6.20 Å². The van der Waals surface area contributed by atoms with Crippen LogP contribution in [0.15, 0.2) is 36.5 Å². The third-order valence-corrected chi connectivity index (χ3v) is 7.53. The monoisotopic (exact) mass is 449 g/mol. The third kappa shape index (κ3) is 5.47. The maximum atomic E-state index is 13.0. The van der Waals surface area contributed by atoms with Gasteiger partial charge < -0.3 is 10.4 Å². The lowest BCUT2D eigenvalue weighted by atomic mass is 9.82. The van der Waals surface area contributed by atoms with Gasteiger partial charge >= 0.3 is 0 Å². The zero-order valence-corrected chi connectivity index (χ0v) is 20.6. The van der Waals surface area contributed by atoms with Gasteiger partial charge in [0.25, 0.3) is 5.91 Å². The van der Waals surface area contributed by atoms with Gasteiger partial charge in [-0.25, -0.2) is 0 Å². The van der Waals surface area contributed by atoms with Crippen LogP contribution in [-0.2, 0) is 6.54 Å². The summed E-state index contributed by atoms with van der Waals surface area (Å²) < 4.78 is 0. The molecular formula is C28H39N3O2. The van der Waals surface area contributed by atoms with Crippen LogP contribution in [-0.4, -0.2) is 34.0 Å². The molecule has 5 nitrogen and oxygen atoms in total. The lowest BCUT2D eigenvalue weighted by molar-refractivity contribution is 0.0914. The summed E-state index contributed by atoms with van der Waals surface area (Å²) in [4.78, 5) is 20.1. The van der Waals surface area contributed by atoms with E-state index in [2.05, 4.69) is 48.1 Å². The summed E-state index contributed by atoms with van der Waals surface area (Å²) in [6, 6.07) is 9.84. The van der Waals surface area contributed by atoms with Crippen LogP contribution in [0.25, 0.3) is 0 Å². The number of fused-ring (bicyclic) bond motifs is 1. The summed E-state index contributed by atoms with van der Waals surface area (Å²) in [7, 11) is 0. The number of amides is 1. The summed E-state index contributed by atoms with van der Waals surface area (Å²) in [5.41, 5.74) is 5.00. The number of rotatable bonds is 7. The van der Waals surface area contributed by atoms with Crippen LogP contribution in [0, 0.1) is 24.7 Å². The molecule has 1 aliphatic heterocycles. The number of hydrogen-bond donors (Lipinski definition) is 2. The molecule has 0 unspecified atom stereocenters. The number of pyridine rings is 1. The van der Waals surface area contributed by atoms with E-state index in [4.69, 9.17) is 0 Å². The maximum Gasteiger partial charge on any atom is 0.251 e. The molecule has 0 spiro atoms. The van der Waals surface area contributed by atoms with Crippen molar-refractivity contribution in [3.63, 3.8) is 0 Å². The molecule has 0 bridgehead atoms. The predicted octanol–water partition coefficient (Wildman–Crippen LogP) is 5.19. The fourth-order valence-corrected chi connectivity index (χ4v) is 5.63. The fourth-order valence-electron chi connectivity index (χ4n) is 5.63. The Labute approximate surface area is 198 Å². The molecule has 2 aliphatic rings. The molecule has 0 radical (unpaired) electrons. The molecule has 4 rings (SSSR count). The summed E-state index contributed by atoms with van der Waals surface area (Å²) in [5, 5.41) is 12.8. The number of carbonyl (C=O) groups is 1. The van der Waals surface area contributed by atoms with Crippen LogP contribution in [0.3, 0.4) is 0 Å². The van der Waals surface area contributed by atoms with Crippen LogP contribution in [0.2, 0.25) is 0 Å². The van der Waals surface area contributed by atoms with E-state index in [9.17, 15) is 9.90 Å². The predicted molar refractivity (Wildman–Crippen MR) is 132 cm³/mol. The molecule has 5 heteroatoms.